The summed E-state index contributed by atoms with van der Waals surface area (Å²) in [5.74, 6) is 0.872. The van der Waals surface area contributed by atoms with Gasteiger partial charge in [0.1, 0.15) is 5.75 Å². The summed E-state index contributed by atoms with van der Waals surface area (Å²) in [6.07, 6.45) is 0. The number of hydrogen-bond acceptors (Lipinski definition) is 4. The molecular weight excluding hydrogens is 202 g/mol. The first-order chi connectivity index (χ1) is 7.61. The summed E-state index contributed by atoms with van der Waals surface area (Å²) in [6, 6.07) is 3.90. The third-order valence-electron chi connectivity index (χ3n) is 2.26. The summed E-state index contributed by atoms with van der Waals surface area (Å²) in [4.78, 5) is 6.59. The summed E-state index contributed by atoms with van der Waals surface area (Å²) in [7, 11) is 5.81. The lowest BCUT2D eigenvalue weighted by molar-refractivity contribution is 0.398. The number of methoxy groups -OCH3 is 1. The fraction of sp³-hybridized carbons (Fsp3) is 0.583. The number of rotatable bonds is 6. The minimum Gasteiger partial charge on any atom is -0.497 e. The zero-order valence-electron chi connectivity index (χ0n) is 10.6. The second kappa shape index (κ2) is 6.45. The summed E-state index contributed by atoms with van der Waals surface area (Å²) in [5.41, 5.74) is 2.01. The first kappa shape index (κ1) is 12.9. The van der Waals surface area contributed by atoms with Gasteiger partial charge in [0.25, 0.3) is 0 Å². The van der Waals surface area contributed by atoms with Crippen LogP contribution in [-0.4, -0.2) is 44.2 Å². The summed E-state index contributed by atoms with van der Waals surface area (Å²) < 4.78 is 5.20. The maximum Gasteiger partial charge on any atom is 0.122 e. The normalized spacial score (nSPS) is 10.8. The number of nitrogens with zero attached hydrogens (tertiary/aromatic N) is 2. The Balaban J connectivity index is 2.44. The van der Waals surface area contributed by atoms with Gasteiger partial charge in [-0.15, -0.1) is 0 Å². The summed E-state index contributed by atoms with van der Waals surface area (Å²) in [5, 5.41) is 3.35. The maximum absolute atomic E-state index is 5.20. The van der Waals surface area contributed by atoms with Crippen molar-refractivity contribution in [3.05, 3.63) is 23.5 Å². The SMILES string of the molecule is COc1cc(C)nc(CNCCN(C)C)c1. The van der Waals surface area contributed by atoms with Crippen molar-refractivity contribution < 1.29 is 4.74 Å². The molecule has 1 heterocycles. The fourth-order valence-corrected chi connectivity index (χ4v) is 1.43. The molecule has 0 spiro atoms. The molecule has 0 aliphatic heterocycles. The Morgan fingerprint density at radius 3 is 2.75 bits per heavy atom. The molecule has 0 radical (unpaired) electrons. The minimum atomic E-state index is 0.784. The molecule has 1 aromatic heterocycles. The molecular formula is C12H21N3O. The largest absolute Gasteiger partial charge is 0.497 e. The molecule has 16 heavy (non-hydrogen) atoms. The van der Waals surface area contributed by atoms with Crippen molar-refractivity contribution in [2.75, 3.05) is 34.3 Å². The zero-order chi connectivity index (χ0) is 12.0. The molecule has 0 unspecified atom stereocenters. The number of nitrogens with one attached hydrogen (secondary N) is 1. The number of aromatic nitrogens is 1. The van der Waals surface area contributed by atoms with E-state index in [0.717, 1.165) is 36.8 Å². The Labute approximate surface area is 97.6 Å². The van der Waals surface area contributed by atoms with Crippen LogP contribution in [0.25, 0.3) is 0 Å². The average molecular weight is 223 g/mol. The predicted molar refractivity (Wildman–Crippen MR) is 65.8 cm³/mol. The third-order valence-corrected chi connectivity index (χ3v) is 2.26. The third kappa shape index (κ3) is 4.59. The molecule has 4 nitrogen and oxygen atoms in total. The number of pyridine rings is 1. The highest BCUT2D eigenvalue weighted by molar-refractivity contribution is 5.26. The quantitative estimate of drug-likeness (QED) is 0.732. The van der Waals surface area contributed by atoms with Crippen molar-refractivity contribution in [1.29, 1.82) is 0 Å². The standard InChI is InChI=1S/C12H21N3O/c1-10-7-12(16-4)8-11(14-10)9-13-5-6-15(2)3/h7-8,13H,5-6,9H2,1-4H3. The average Bonchev–Trinajstić information content (AvgIpc) is 2.23. The number of aryl methyl sites for hydroxylation is 1. The molecule has 4 heteroatoms. The molecule has 1 N–H and O–H groups in total. The van der Waals surface area contributed by atoms with E-state index < -0.39 is 0 Å². The van der Waals surface area contributed by atoms with E-state index in [2.05, 4.69) is 29.3 Å². The molecule has 1 rings (SSSR count). The van der Waals surface area contributed by atoms with Crippen LogP contribution in [-0.2, 0) is 6.54 Å². The highest BCUT2D eigenvalue weighted by Gasteiger charge is 2.00. The molecule has 0 saturated heterocycles. The van der Waals surface area contributed by atoms with Gasteiger partial charge in [0.15, 0.2) is 0 Å². The lowest BCUT2D eigenvalue weighted by Gasteiger charge is -2.11. The van der Waals surface area contributed by atoms with E-state index in [4.69, 9.17) is 4.74 Å². The molecule has 0 aliphatic carbocycles. The van der Waals surface area contributed by atoms with Gasteiger partial charge in [0, 0.05) is 37.5 Å². The van der Waals surface area contributed by atoms with Gasteiger partial charge in [0.05, 0.1) is 12.8 Å². The second-order valence-corrected chi connectivity index (χ2v) is 4.12. The van der Waals surface area contributed by atoms with Crippen molar-refractivity contribution in [3.63, 3.8) is 0 Å². The van der Waals surface area contributed by atoms with Crippen LogP contribution in [0.15, 0.2) is 12.1 Å². The van der Waals surface area contributed by atoms with E-state index in [9.17, 15) is 0 Å². The predicted octanol–water partition coefficient (Wildman–Crippen LogP) is 1.05. The van der Waals surface area contributed by atoms with Gasteiger partial charge < -0.3 is 15.0 Å². The zero-order valence-corrected chi connectivity index (χ0v) is 10.6. The van der Waals surface area contributed by atoms with Gasteiger partial charge in [-0.1, -0.05) is 0 Å². The molecule has 0 saturated carbocycles. The van der Waals surface area contributed by atoms with Crippen LogP contribution < -0.4 is 10.1 Å². The van der Waals surface area contributed by atoms with Gasteiger partial charge >= 0.3 is 0 Å². The molecule has 0 bridgehead atoms. The minimum absolute atomic E-state index is 0.784. The van der Waals surface area contributed by atoms with Crippen LogP contribution in [0, 0.1) is 6.92 Å². The van der Waals surface area contributed by atoms with E-state index in [1.165, 1.54) is 0 Å². The van der Waals surface area contributed by atoms with Crippen molar-refractivity contribution in [2.24, 2.45) is 0 Å². The van der Waals surface area contributed by atoms with Gasteiger partial charge in [-0.2, -0.15) is 0 Å². The van der Waals surface area contributed by atoms with Crippen LogP contribution in [0.5, 0.6) is 5.75 Å². The van der Waals surface area contributed by atoms with E-state index in [-0.39, 0.29) is 0 Å². The van der Waals surface area contributed by atoms with E-state index in [0.29, 0.717) is 0 Å². The highest BCUT2D eigenvalue weighted by Crippen LogP contribution is 2.12. The van der Waals surface area contributed by atoms with Gasteiger partial charge in [0.2, 0.25) is 0 Å². The summed E-state index contributed by atoms with van der Waals surface area (Å²) in [6.45, 7) is 4.76. The van der Waals surface area contributed by atoms with Crippen LogP contribution >= 0.6 is 0 Å². The first-order valence-corrected chi connectivity index (χ1v) is 5.49. The molecule has 0 amide bonds. The van der Waals surface area contributed by atoms with Gasteiger partial charge in [-0.25, -0.2) is 0 Å². The monoisotopic (exact) mass is 223 g/mol. The Kier molecular flexibility index (Phi) is 5.22. The Morgan fingerprint density at radius 1 is 1.38 bits per heavy atom. The van der Waals surface area contributed by atoms with Crippen molar-refractivity contribution >= 4 is 0 Å². The molecule has 0 fully saturated rings. The molecule has 90 valence electrons. The van der Waals surface area contributed by atoms with Crippen LogP contribution in [0.2, 0.25) is 0 Å². The topological polar surface area (TPSA) is 37.4 Å². The number of ether oxygens (including phenoxy) is 1. The maximum atomic E-state index is 5.20. The van der Waals surface area contributed by atoms with Crippen LogP contribution in [0.4, 0.5) is 0 Å². The summed E-state index contributed by atoms with van der Waals surface area (Å²) >= 11 is 0. The lowest BCUT2D eigenvalue weighted by atomic mass is 10.3. The Bertz CT molecular complexity index is 326. The van der Waals surface area contributed by atoms with Crippen LogP contribution in [0.1, 0.15) is 11.4 Å². The lowest BCUT2D eigenvalue weighted by Crippen LogP contribution is -2.26. The smallest absolute Gasteiger partial charge is 0.122 e. The van der Waals surface area contributed by atoms with E-state index >= 15 is 0 Å². The number of likely N-dealkylation sites (N-methyl/N-ethyl adjacent to an activating group) is 1. The fourth-order valence-electron chi connectivity index (χ4n) is 1.43. The molecule has 0 aromatic carbocycles. The highest BCUT2D eigenvalue weighted by atomic mass is 16.5. The first-order valence-electron chi connectivity index (χ1n) is 5.49. The van der Waals surface area contributed by atoms with Crippen molar-refractivity contribution in [1.82, 2.24) is 15.2 Å². The van der Waals surface area contributed by atoms with Gasteiger partial charge in [-0.05, 0) is 21.0 Å². The molecule has 1 aromatic rings. The van der Waals surface area contributed by atoms with Crippen molar-refractivity contribution in [3.8, 4) is 5.75 Å². The molecule has 0 aliphatic rings. The van der Waals surface area contributed by atoms with Crippen LogP contribution in [0.3, 0.4) is 0 Å². The molecule has 0 atom stereocenters. The number of hydrogen-bond donors (Lipinski definition) is 1. The van der Waals surface area contributed by atoms with Gasteiger partial charge in [-0.3, -0.25) is 4.98 Å². The van der Waals surface area contributed by atoms with E-state index in [1.54, 1.807) is 7.11 Å². The van der Waals surface area contributed by atoms with Crippen molar-refractivity contribution in [2.45, 2.75) is 13.5 Å². The van der Waals surface area contributed by atoms with E-state index in [1.807, 2.05) is 19.1 Å². The second-order valence-electron chi connectivity index (χ2n) is 4.12. The Hall–Kier alpha value is -1.13. The Morgan fingerprint density at radius 2 is 2.12 bits per heavy atom.